The van der Waals surface area contributed by atoms with Gasteiger partial charge in [0.05, 0.1) is 33.0 Å². The molecule has 0 aliphatic heterocycles. The average molecular weight is 392 g/mol. The maximum Gasteiger partial charge on any atom is 0.104 e. The molecule has 6 nitrogen and oxygen atoms in total. The van der Waals surface area contributed by atoms with Gasteiger partial charge in [-0.05, 0) is 20.8 Å². The molecule has 3 unspecified atom stereocenters. The van der Waals surface area contributed by atoms with Gasteiger partial charge in [-0.2, -0.15) is 0 Å². The Balaban J connectivity index is -0.0000000516. The van der Waals surface area contributed by atoms with Crippen LogP contribution in [0.4, 0.5) is 0 Å². The molecule has 0 aliphatic rings. The Morgan fingerprint density at radius 3 is 1.00 bits per heavy atom. The van der Waals surface area contributed by atoms with E-state index < -0.39 is 0 Å². The maximum absolute atomic E-state index is 5.65. The van der Waals surface area contributed by atoms with E-state index in [0.29, 0.717) is 33.0 Å². The summed E-state index contributed by atoms with van der Waals surface area (Å²) < 4.78 is 16.5. The quantitative estimate of drug-likeness (QED) is 0.477. The van der Waals surface area contributed by atoms with Gasteiger partial charge in [-0.3, -0.25) is 0 Å². The second-order valence-corrected chi connectivity index (χ2v) is 4.96. The van der Waals surface area contributed by atoms with E-state index in [4.69, 9.17) is 31.4 Å². The van der Waals surface area contributed by atoms with Crippen molar-refractivity contribution in [3.8, 4) is 0 Å². The van der Waals surface area contributed by atoms with Crippen LogP contribution >= 0.6 is 0 Å². The molecule has 174 valence electrons. The SMILES string of the molecule is C.C.C.C.C.C.C.C.CC(N)COCC(COCC(C)N)OCC(C)N. The zero-order chi connectivity index (χ0) is 14.0. The van der Waals surface area contributed by atoms with Gasteiger partial charge < -0.3 is 31.4 Å². The third-order valence-electron chi connectivity index (χ3n) is 1.96. The van der Waals surface area contributed by atoms with Crippen molar-refractivity contribution in [1.82, 2.24) is 0 Å². The molecule has 0 amide bonds. The Hall–Kier alpha value is -0.240. The summed E-state index contributed by atoms with van der Waals surface area (Å²) in [5, 5.41) is 0. The van der Waals surface area contributed by atoms with Crippen molar-refractivity contribution >= 4 is 0 Å². The first-order chi connectivity index (χ1) is 8.41. The van der Waals surface area contributed by atoms with Crippen LogP contribution in [-0.2, 0) is 14.2 Å². The smallest absolute Gasteiger partial charge is 0.104 e. The summed E-state index contributed by atoms with van der Waals surface area (Å²) in [4.78, 5) is 0. The van der Waals surface area contributed by atoms with Gasteiger partial charge in [0.1, 0.15) is 6.10 Å². The van der Waals surface area contributed by atoms with E-state index in [1.807, 2.05) is 20.8 Å². The summed E-state index contributed by atoms with van der Waals surface area (Å²) in [5.74, 6) is 0. The molecular weight excluding hydrogens is 330 g/mol. The molecule has 26 heavy (non-hydrogen) atoms. The van der Waals surface area contributed by atoms with E-state index in [1.54, 1.807) is 0 Å². The standard InChI is InChI=1S/C12H29N3O3.8CH4/c1-9(13)4-16-7-12(18-6-11(3)15)8-17-5-10(2)14;;;;;;;;/h9-12H,4-8,13-15H2,1-3H3;8*1H4. The van der Waals surface area contributed by atoms with Crippen LogP contribution in [0.1, 0.15) is 80.2 Å². The summed E-state index contributed by atoms with van der Waals surface area (Å²) >= 11 is 0. The first-order valence-electron chi connectivity index (χ1n) is 6.45. The van der Waals surface area contributed by atoms with E-state index in [2.05, 4.69) is 0 Å². The zero-order valence-corrected chi connectivity index (χ0v) is 11.8. The molecule has 0 heterocycles. The van der Waals surface area contributed by atoms with Gasteiger partial charge in [0, 0.05) is 18.1 Å². The Morgan fingerprint density at radius 2 is 0.769 bits per heavy atom. The predicted octanol–water partition coefficient (Wildman–Crippen LogP) is 4.54. The highest BCUT2D eigenvalue weighted by Gasteiger charge is 2.12. The zero-order valence-electron chi connectivity index (χ0n) is 11.8. The van der Waals surface area contributed by atoms with Crippen molar-refractivity contribution in [1.29, 1.82) is 0 Å². The number of hydrogen-bond acceptors (Lipinski definition) is 6. The third kappa shape index (κ3) is 43.8. The molecule has 0 rings (SSSR count). The highest BCUT2D eigenvalue weighted by atomic mass is 16.6. The molecule has 0 aromatic rings. The van der Waals surface area contributed by atoms with Gasteiger partial charge in [-0.15, -0.1) is 0 Å². The minimum atomic E-state index is -0.131. The van der Waals surface area contributed by atoms with Crippen LogP contribution in [0.15, 0.2) is 0 Å². The lowest BCUT2D eigenvalue weighted by molar-refractivity contribution is -0.0644. The van der Waals surface area contributed by atoms with E-state index >= 15 is 0 Å². The minimum Gasteiger partial charge on any atom is -0.377 e. The molecule has 0 radical (unpaired) electrons. The summed E-state index contributed by atoms with van der Waals surface area (Å²) in [6.45, 7) is 8.07. The topological polar surface area (TPSA) is 106 Å². The number of nitrogens with two attached hydrogens (primary N) is 3. The van der Waals surface area contributed by atoms with Gasteiger partial charge in [0.15, 0.2) is 0 Å². The molecule has 0 saturated carbocycles. The van der Waals surface area contributed by atoms with E-state index in [-0.39, 0.29) is 83.6 Å². The molecule has 0 aromatic heterocycles. The molecule has 6 N–H and O–H groups in total. The molecule has 6 heteroatoms. The van der Waals surface area contributed by atoms with Gasteiger partial charge in [0.2, 0.25) is 0 Å². The number of ether oxygens (including phenoxy) is 3. The van der Waals surface area contributed by atoms with Gasteiger partial charge in [-0.1, -0.05) is 59.4 Å². The monoisotopic (exact) mass is 391 g/mol. The molecular formula is C20H61N3O3. The predicted molar refractivity (Wildman–Crippen MR) is 126 cm³/mol. The first kappa shape index (κ1) is 56.2. The molecule has 0 aromatic carbocycles. The number of hydrogen-bond donors (Lipinski definition) is 3. The Morgan fingerprint density at radius 1 is 0.500 bits per heavy atom. The summed E-state index contributed by atoms with van der Waals surface area (Å²) in [6.07, 6.45) is -0.131. The average Bonchev–Trinajstić information content (AvgIpc) is 2.24. The summed E-state index contributed by atoms with van der Waals surface area (Å²) in [7, 11) is 0. The summed E-state index contributed by atoms with van der Waals surface area (Å²) in [6, 6.07) is 0.0301. The van der Waals surface area contributed by atoms with Crippen LogP contribution in [0.25, 0.3) is 0 Å². The fourth-order valence-electron chi connectivity index (χ4n) is 1.20. The highest BCUT2D eigenvalue weighted by molar-refractivity contribution is 4.61. The van der Waals surface area contributed by atoms with Crippen LogP contribution in [0.3, 0.4) is 0 Å². The lowest BCUT2D eigenvalue weighted by Gasteiger charge is -2.20. The lowest BCUT2D eigenvalue weighted by atomic mass is 10.3. The normalized spacial score (nSPS) is 12.7. The largest absolute Gasteiger partial charge is 0.377 e. The Labute approximate surface area is 169 Å². The van der Waals surface area contributed by atoms with Crippen molar-refractivity contribution in [3.05, 3.63) is 0 Å². The molecule has 3 atom stereocenters. The number of rotatable bonds is 11. The van der Waals surface area contributed by atoms with Gasteiger partial charge in [-0.25, -0.2) is 0 Å². The first-order valence-corrected chi connectivity index (χ1v) is 6.45. The highest BCUT2D eigenvalue weighted by Crippen LogP contribution is 1.98. The van der Waals surface area contributed by atoms with Crippen LogP contribution in [0, 0.1) is 0 Å². The van der Waals surface area contributed by atoms with Crippen molar-refractivity contribution in [2.75, 3.05) is 33.0 Å². The molecule has 0 aliphatic carbocycles. The van der Waals surface area contributed by atoms with Crippen molar-refractivity contribution < 1.29 is 14.2 Å². The van der Waals surface area contributed by atoms with E-state index in [0.717, 1.165) is 0 Å². The Bertz CT molecular complexity index is 179. The van der Waals surface area contributed by atoms with Crippen LogP contribution in [0.5, 0.6) is 0 Å². The fourth-order valence-corrected chi connectivity index (χ4v) is 1.20. The molecule has 0 saturated heterocycles. The lowest BCUT2D eigenvalue weighted by Crippen LogP contribution is -2.34. The van der Waals surface area contributed by atoms with Crippen molar-refractivity contribution in [3.63, 3.8) is 0 Å². The van der Waals surface area contributed by atoms with Crippen LogP contribution in [0.2, 0.25) is 0 Å². The minimum absolute atomic E-state index is 0. The van der Waals surface area contributed by atoms with Crippen LogP contribution < -0.4 is 17.2 Å². The molecule has 0 fully saturated rings. The van der Waals surface area contributed by atoms with Gasteiger partial charge in [0.25, 0.3) is 0 Å². The second kappa shape index (κ2) is 35.8. The third-order valence-corrected chi connectivity index (χ3v) is 1.96. The second-order valence-electron chi connectivity index (χ2n) is 4.96. The maximum atomic E-state index is 5.65. The van der Waals surface area contributed by atoms with Crippen molar-refractivity contribution in [2.24, 2.45) is 17.2 Å². The van der Waals surface area contributed by atoms with E-state index in [9.17, 15) is 0 Å². The molecule has 0 bridgehead atoms. The van der Waals surface area contributed by atoms with E-state index in [1.165, 1.54) is 0 Å². The Kier molecular flexibility index (Phi) is 77.4. The molecule has 0 spiro atoms. The summed E-state index contributed by atoms with van der Waals surface area (Å²) in [5.41, 5.74) is 16.9. The van der Waals surface area contributed by atoms with Gasteiger partial charge >= 0.3 is 0 Å². The fraction of sp³-hybridized carbons (Fsp3) is 1.00. The van der Waals surface area contributed by atoms with Crippen LogP contribution in [-0.4, -0.2) is 57.3 Å². The van der Waals surface area contributed by atoms with Crippen molar-refractivity contribution in [2.45, 2.75) is 104 Å².